The maximum atomic E-state index is 9.97. The van der Waals surface area contributed by atoms with Gasteiger partial charge in [-0.3, -0.25) is 0 Å². The van der Waals surface area contributed by atoms with E-state index in [1.807, 2.05) is 6.07 Å². The quantitative estimate of drug-likeness (QED) is 0.851. The molecule has 1 fully saturated rings. The molecule has 2 N–H and O–H groups in total. The summed E-state index contributed by atoms with van der Waals surface area (Å²) in [7, 11) is 0. The van der Waals surface area contributed by atoms with Crippen LogP contribution in [0.25, 0.3) is 10.9 Å². The van der Waals surface area contributed by atoms with E-state index in [1.165, 1.54) is 28.8 Å². The van der Waals surface area contributed by atoms with Gasteiger partial charge in [0.25, 0.3) is 0 Å². The third-order valence-electron chi connectivity index (χ3n) is 3.45. The van der Waals surface area contributed by atoms with E-state index < -0.39 is 0 Å². The second-order valence-corrected chi connectivity index (χ2v) is 6.01. The van der Waals surface area contributed by atoms with Crippen molar-refractivity contribution in [1.29, 1.82) is 0 Å². The van der Waals surface area contributed by atoms with Crippen molar-refractivity contribution in [3.05, 3.63) is 30.3 Å². The van der Waals surface area contributed by atoms with Gasteiger partial charge in [0.2, 0.25) is 0 Å². The van der Waals surface area contributed by atoms with Crippen molar-refractivity contribution < 1.29 is 5.11 Å². The molecule has 1 aliphatic rings. The molecule has 0 radical (unpaired) electrons. The third-order valence-corrected chi connectivity index (χ3v) is 4.78. The van der Waals surface area contributed by atoms with E-state index in [2.05, 4.69) is 29.2 Å². The second-order valence-electron chi connectivity index (χ2n) is 4.73. The van der Waals surface area contributed by atoms with Gasteiger partial charge in [0.1, 0.15) is 0 Å². The molecule has 1 saturated carbocycles. The van der Waals surface area contributed by atoms with Gasteiger partial charge < -0.3 is 10.1 Å². The summed E-state index contributed by atoms with van der Waals surface area (Å²) in [5.41, 5.74) is 1.18. The molecule has 2 nitrogen and oxygen atoms in total. The molecule has 17 heavy (non-hydrogen) atoms. The summed E-state index contributed by atoms with van der Waals surface area (Å²) >= 11 is 1.79. The number of hydrogen-bond acceptors (Lipinski definition) is 2. The molecule has 0 unspecified atom stereocenters. The minimum absolute atomic E-state index is 0.139. The molecular formula is C14H17NOS. The van der Waals surface area contributed by atoms with Gasteiger partial charge in [-0.15, -0.1) is 11.8 Å². The lowest BCUT2D eigenvalue weighted by Gasteiger charge is -2.26. The second kappa shape index (κ2) is 4.75. The summed E-state index contributed by atoms with van der Waals surface area (Å²) < 4.78 is 0. The van der Waals surface area contributed by atoms with E-state index in [9.17, 15) is 5.11 Å². The van der Waals surface area contributed by atoms with Crippen LogP contribution in [0.1, 0.15) is 25.7 Å². The highest BCUT2D eigenvalue weighted by molar-refractivity contribution is 7.99. The summed E-state index contributed by atoms with van der Waals surface area (Å²) in [5, 5.41) is 12.8. The fourth-order valence-corrected chi connectivity index (χ4v) is 3.76. The number of fused-ring (bicyclic) bond motifs is 1. The number of aliphatic hydroxyl groups excluding tert-OH is 1. The van der Waals surface area contributed by atoms with Crippen LogP contribution in [0.15, 0.2) is 35.4 Å². The van der Waals surface area contributed by atoms with E-state index in [1.54, 1.807) is 11.8 Å². The van der Waals surface area contributed by atoms with Gasteiger partial charge >= 0.3 is 0 Å². The molecule has 2 atom stereocenters. The fourth-order valence-electron chi connectivity index (χ4n) is 2.49. The Morgan fingerprint density at radius 2 is 2.00 bits per heavy atom. The molecule has 90 valence electrons. The number of aromatic nitrogens is 1. The van der Waals surface area contributed by atoms with Crippen LogP contribution in [0.5, 0.6) is 0 Å². The number of aromatic amines is 1. The van der Waals surface area contributed by atoms with Gasteiger partial charge in [0, 0.05) is 16.2 Å². The zero-order chi connectivity index (χ0) is 11.7. The molecule has 0 bridgehead atoms. The van der Waals surface area contributed by atoms with Crippen molar-refractivity contribution in [1.82, 2.24) is 4.98 Å². The molecule has 0 saturated heterocycles. The lowest BCUT2D eigenvalue weighted by Crippen LogP contribution is -2.26. The monoisotopic (exact) mass is 247 g/mol. The maximum Gasteiger partial charge on any atom is 0.0736 e. The van der Waals surface area contributed by atoms with Gasteiger partial charge in [0.15, 0.2) is 0 Å². The molecule has 0 amide bonds. The highest BCUT2D eigenvalue weighted by Crippen LogP contribution is 2.34. The van der Waals surface area contributed by atoms with Crippen LogP contribution < -0.4 is 0 Å². The summed E-state index contributed by atoms with van der Waals surface area (Å²) in [6, 6.07) is 10.5. The number of hydrogen-bond donors (Lipinski definition) is 2. The van der Waals surface area contributed by atoms with Gasteiger partial charge in [-0.05, 0) is 25.0 Å². The van der Waals surface area contributed by atoms with Gasteiger partial charge in [-0.2, -0.15) is 0 Å². The average molecular weight is 247 g/mol. The van der Waals surface area contributed by atoms with E-state index in [0.29, 0.717) is 5.25 Å². The minimum atomic E-state index is -0.139. The molecule has 3 rings (SSSR count). The molecule has 0 spiro atoms. The Morgan fingerprint density at radius 3 is 2.82 bits per heavy atom. The molecule has 0 aliphatic heterocycles. The summed E-state index contributed by atoms with van der Waals surface area (Å²) in [6.45, 7) is 0. The minimum Gasteiger partial charge on any atom is -0.392 e. The maximum absolute atomic E-state index is 9.97. The van der Waals surface area contributed by atoms with Crippen LogP contribution in [-0.4, -0.2) is 21.4 Å². The number of aliphatic hydroxyl groups is 1. The molecular weight excluding hydrogens is 230 g/mol. The standard InChI is InChI=1S/C14H17NOS/c16-12-7-3-4-8-13(12)17-14-9-10-5-1-2-6-11(10)15-14/h1-2,5-6,9,12-13,15-16H,3-4,7-8H2/t12-,13-/m1/s1. The zero-order valence-electron chi connectivity index (χ0n) is 9.73. The summed E-state index contributed by atoms with van der Waals surface area (Å²) in [4.78, 5) is 3.42. The Hall–Kier alpha value is -0.930. The number of nitrogens with one attached hydrogen (secondary N) is 1. The van der Waals surface area contributed by atoms with Crippen molar-refractivity contribution in [2.75, 3.05) is 0 Å². The smallest absolute Gasteiger partial charge is 0.0736 e. The van der Waals surface area contributed by atoms with Crippen molar-refractivity contribution >= 4 is 22.7 Å². The van der Waals surface area contributed by atoms with Crippen molar-refractivity contribution in [2.45, 2.75) is 42.1 Å². The number of rotatable bonds is 2. The SMILES string of the molecule is O[C@@H]1CCCC[C@H]1Sc1cc2ccccc2[nH]1. The van der Waals surface area contributed by atoms with E-state index in [-0.39, 0.29) is 6.10 Å². The summed E-state index contributed by atoms with van der Waals surface area (Å²) in [5.74, 6) is 0. The number of H-pyrrole nitrogens is 1. The molecule has 1 aliphatic carbocycles. The van der Waals surface area contributed by atoms with Crippen LogP contribution in [0, 0.1) is 0 Å². The van der Waals surface area contributed by atoms with Crippen LogP contribution in [-0.2, 0) is 0 Å². The first-order valence-corrected chi connectivity index (χ1v) is 7.13. The lowest BCUT2D eigenvalue weighted by molar-refractivity contribution is 0.137. The van der Waals surface area contributed by atoms with Crippen molar-refractivity contribution in [2.24, 2.45) is 0 Å². The van der Waals surface area contributed by atoms with Gasteiger partial charge in [0.05, 0.1) is 11.1 Å². The summed E-state index contributed by atoms with van der Waals surface area (Å²) in [6.07, 6.45) is 4.36. The number of benzene rings is 1. The third kappa shape index (κ3) is 2.35. The van der Waals surface area contributed by atoms with Crippen molar-refractivity contribution in [3.8, 4) is 0 Å². The topological polar surface area (TPSA) is 36.0 Å². The first-order valence-electron chi connectivity index (χ1n) is 6.25. The average Bonchev–Trinajstić information content (AvgIpc) is 2.74. The predicted octanol–water partition coefficient (Wildman–Crippen LogP) is 3.56. The highest BCUT2D eigenvalue weighted by Gasteiger charge is 2.24. The molecule has 2 aromatic rings. The Labute approximate surface area is 105 Å². The fraction of sp³-hybridized carbons (Fsp3) is 0.429. The molecule has 1 aromatic carbocycles. The van der Waals surface area contributed by atoms with Crippen LogP contribution >= 0.6 is 11.8 Å². The number of thioether (sulfide) groups is 1. The lowest BCUT2D eigenvalue weighted by atomic mass is 9.97. The number of para-hydroxylation sites is 1. The van der Waals surface area contributed by atoms with E-state index in [4.69, 9.17) is 0 Å². The van der Waals surface area contributed by atoms with Crippen molar-refractivity contribution in [3.63, 3.8) is 0 Å². The van der Waals surface area contributed by atoms with Gasteiger partial charge in [-0.1, -0.05) is 31.0 Å². The Kier molecular flexibility index (Phi) is 3.12. The Bertz CT molecular complexity index is 475. The first-order chi connectivity index (χ1) is 8.33. The largest absolute Gasteiger partial charge is 0.392 e. The van der Waals surface area contributed by atoms with E-state index in [0.717, 1.165) is 12.8 Å². The van der Waals surface area contributed by atoms with Crippen LogP contribution in [0.2, 0.25) is 0 Å². The molecule has 3 heteroatoms. The van der Waals surface area contributed by atoms with Crippen LogP contribution in [0.4, 0.5) is 0 Å². The van der Waals surface area contributed by atoms with E-state index >= 15 is 0 Å². The van der Waals surface area contributed by atoms with Gasteiger partial charge in [-0.25, -0.2) is 0 Å². The Balaban J connectivity index is 1.79. The van der Waals surface area contributed by atoms with Crippen LogP contribution in [0.3, 0.4) is 0 Å². The zero-order valence-corrected chi connectivity index (χ0v) is 10.5. The normalized spacial score (nSPS) is 25.2. The Morgan fingerprint density at radius 1 is 1.18 bits per heavy atom. The molecule has 1 heterocycles. The first kappa shape index (κ1) is 11.2. The predicted molar refractivity (Wildman–Crippen MR) is 72.4 cm³/mol. The highest BCUT2D eigenvalue weighted by atomic mass is 32.2. The molecule has 1 aromatic heterocycles.